The van der Waals surface area contributed by atoms with Crippen molar-refractivity contribution in [2.75, 3.05) is 19.0 Å². The lowest BCUT2D eigenvalue weighted by atomic mass is 9.96. The van der Waals surface area contributed by atoms with Crippen LogP contribution in [-0.4, -0.2) is 24.5 Å². The van der Waals surface area contributed by atoms with Gasteiger partial charge in [-0.1, -0.05) is 31.2 Å². The Kier molecular flexibility index (Phi) is 9.63. The van der Waals surface area contributed by atoms with Crippen molar-refractivity contribution in [2.24, 2.45) is 0 Å². The molecule has 0 heterocycles. The normalized spacial score (nSPS) is 11.6. The largest absolute Gasteiger partial charge is 0.507 e. The summed E-state index contributed by atoms with van der Waals surface area (Å²) in [6.45, 7) is 6.48. The number of allylic oxidation sites excluding steroid dienone is 5. The molecule has 2 N–H and O–H groups in total. The minimum absolute atomic E-state index is 0.0813. The van der Waals surface area contributed by atoms with Crippen molar-refractivity contribution in [1.29, 1.82) is 0 Å². The van der Waals surface area contributed by atoms with Crippen molar-refractivity contribution in [3.63, 3.8) is 0 Å². The summed E-state index contributed by atoms with van der Waals surface area (Å²) in [6.07, 6.45) is 13.3. The van der Waals surface area contributed by atoms with Crippen LogP contribution in [-0.2, 0) is 12.8 Å². The summed E-state index contributed by atoms with van der Waals surface area (Å²) in [4.78, 5) is 12.7. The van der Waals surface area contributed by atoms with Gasteiger partial charge in [0.05, 0.1) is 6.61 Å². The number of hydrogen-bond acceptors (Lipinski definition) is 4. The van der Waals surface area contributed by atoms with Gasteiger partial charge in [-0.05, 0) is 81.2 Å². The molecule has 0 bridgehead atoms. The van der Waals surface area contributed by atoms with E-state index in [2.05, 4.69) is 5.32 Å². The highest BCUT2D eigenvalue weighted by Gasteiger charge is 2.17. The van der Waals surface area contributed by atoms with Crippen LogP contribution in [0.15, 0.2) is 60.7 Å². The lowest BCUT2D eigenvalue weighted by Crippen LogP contribution is -2.03. The molecule has 0 aromatic heterocycles. The zero-order chi connectivity index (χ0) is 22.6. The third-order valence-electron chi connectivity index (χ3n) is 4.91. The molecule has 4 nitrogen and oxygen atoms in total. The Bertz CT molecular complexity index is 953. The van der Waals surface area contributed by atoms with Crippen LogP contribution in [0, 0.1) is 0 Å². The van der Waals surface area contributed by atoms with E-state index in [1.54, 1.807) is 24.3 Å². The van der Waals surface area contributed by atoms with E-state index in [4.69, 9.17) is 4.74 Å². The molecule has 4 heteroatoms. The molecule has 2 aromatic rings. The lowest BCUT2D eigenvalue weighted by Gasteiger charge is -2.17. The Morgan fingerprint density at radius 3 is 2.39 bits per heavy atom. The first-order chi connectivity index (χ1) is 15.0. The standard InChI is InChI=1S/C27H33NO3/c1-5-8-10-21-19-22(14-17-25(29)20-12-15-23(28-4)16-13-20)27(31-18-7-3)24(26(21)30)11-9-6-2/h5-6,8-9,12-17,19,28,30H,7,10-11,18H2,1-4H3. The van der Waals surface area contributed by atoms with Crippen LogP contribution < -0.4 is 10.1 Å². The average molecular weight is 420 g/mol. The number of ether oxygens (including phenoxy) is 1. The van der Waals surface area contributed by atoms with Gasteiger partial charge in [-0.2, -0.15) is 0 Å². The fourth-order valence-corrected chi connectivity index (χ4v) is 3.18. The number of benzene rings is 2. The Morgan fingerprint density at radius 1 is 1.10 bits per heavy atom. The SMILES string of the molecule is CC=CCc1cc(C=CC(=O)c2ccc(NC)cc2)c(OCCC)c(CC=CC)c1O. The van der Waals surface area contributed by atoms with E-state index < -0.39 is 0 Å². The molecule has 2 rings (SSSR count). The van der Waals surface area contributed by atoms with E-state index in [0.29, 0.717) is 30.8 Å². The third kappa shape index (κ3) is 6.61. The number of carbonyl (C=O) groups is 1. The predicted molar refractivity (Wildman–Crippen MR) is 130 cm³/mol. The Morgan fingerprint density at radius 2 is 1.77 bits per heavy atom. The number of phenolic OH excluding ortho intramolecular Hbond substituents is 1. The number of anilines is 1. The van der Waals surface area contributed by atoms with Crippen molar-refractivity contribution in [2.45, 2.75) is 40.0 Å². The van der Waals surface area contributed by atoms with Gasteiger partial charge in [0, 0.05) is 29.4 Å². The molecule has 2 aromatic carbocycles. The van der Waals surface area contributed by atoms with Gasteiger partial charge in [0.1, 0.15) is 11.5 Å². The van der Waals surface area contributed by atoms with E-state index in [1.807, 2.05) is 70.3 Å². The van der Waals surface area contributed by atoms with Crippen molar-refractivity contribution < 1.29 is 14.6 Å². The number of rotatable bonds is 11. The highest BCUT2D eigenvalue weighted by molar-refractivity contribution is 6.07. The van der Waals surface area contributed by atoms with Crippen LogP contribution in [0.2, 0.25) is 0 Å². The van der Waals surface area contributed by atoms with Gasteiger partial charge in [-0.25, -0.2) is 0 Å². The van der Waals surface area contributed by atoms with E-state index in [9.17, 15) is 9.90 Å². The Hall–Kier alpha value is -3.27. The van der Waals surface area contributed by atoms with Gasteiger partial charge < -0.3 is 15.2 Å². The molecule has 0 spiro atoms. The van der Waals surface area contributed by atoms with Gasteiger partial charge in [-0.3, -0.25) is 4.79 Å². The fraction of sp³-hybridized carbons (Fsp3) is 0.296. The first-order valence-electron chi connectivity index (χ1n) is 10.8. The second-order valence-electron chi connectivity index (χ2n) is 7.20. The predicted octanol–water partition coefficient (Wildman–Crippen LogP) is 6.36. The number of ketones is 1. The highest BCUT2D eigenvalue weighted by Crippen LogP contribution is 2.37. The summed E-state index contributed by atoms with van der Waals surface area (Å²) in [6, 6.07) is 9.27. The molecule has 0 unspecified atom stereocenters. The number of hydrogen-bond donors (Lipinski definition) is 2. The van der Waals surface area contributed by atoms with Crippen molar-refractivity contribution >= 4 is 17.5 Å². The van der Waals surface area contributed by atoms with Gasteiger partial charge in [0.25, 0.3) is 0 Å². The van der Waals surface area contributed by atoms with Crippen LogP contribution in [0.25, 0.3) is 6.08 Å². The molecule has 0 saturated carbocycles. The van der Waals surface area contributed by atoms with Crippen molar-refractivity contribution in [1.82, 2.24) is 0 Å². The topological polar surface area (TPSA) is 58.6 Å². The molecule has 164 valence electrons. The number of nitrogens with one attached hydrogen (secondary N) is 1. The third-order valence-corrected chi connectivity index (χ3v) is 4.91. The maximum absolute atomic E-state index is 12.7. The van der Waals surface area contributed by atoms with Crippen LogP contribution in [0.5, 0.6) is 11.5 Å². The quantitative estimate of drug-likeness (QED) is 0.253. The van der Waals surface area contributed by atoms with E-state index in [-0.39, 0.29) is 11.5 Å². The second-order valence-corrected chi connectivity index (χ2v) is 7.20. The monoisotopic (exact) mass is 419 g/mol. The van der Waals surface area contributed by atoms with Gasteiger partial charge >= 0.3 is 0 Å². The van der Waals surface area contributed by atoms with Crippen molar-refractivity contribution in [3.05, 3.63) is 83.0 Å². The maximum atomic E-state index is 12.7. The summed E-state index contributed by atoms with van der Waals surface area (Å²) in [5, 5.41) is 14.0. The maximum Gasteiger partial charge on any atom is 0.185 e. The molecular weight excluding hydrogens is 386 g/mol. The molecule has 0 fully saturated rings. The van der Waals surface area contributed by atoms with E-state index in [0.717, 1.165) is 28.8 Å². The van der Waals surface area contributed by atoms with Crippen LogP contribution >= 0.6 is 0 Å². The second kappa shape index (κ2) is 12.4. The molecule has 0 saturated heterocycles. The lowest BCUT2D eigenvalue weighted by molar-refractivity contribution is 0.104. The summed E-state index contributed by atoms with van der Waals surface area (Å²) in [5.41, 5.74) is 3.93. The molecule has 0 aliphatic heterocycles. The van der Waals surface area contributed by atoms with E-state index >= 15 is 0 Å². The fourth-order valence-electron chi connectivity index (χ4n) is 3.18. The van der Waals surface area contributed by atoms with Gasteiger partial charge in [-0.15, -0.1) is 0 Å². The first-order valence-corrected chi connectivity index (χ1v) is 10.8. The summed E-state index contributed by atoms with van der Waals surface area (Å²) in [5.74, 6) is 0.812. The number of carbonyl (C=O) groups excluding carboxylic acids is 1. The van der Waals surface area contributed by atoms with Crippen molar-refractivity contribution in [3.8, 4) is 11.5 Å². The highest BCUT2D eigenvalue weighted by atomic mass is 16.5. The smallest absolute Gasteiger partial charge is 0.185 e. The average Bonchev–Trinajstić information content (AvgIpc) is 2.80. The summed E-state index contributed by atoms with van der Waals surface area (Å²) in [7, 11) is 1.84. The molecule has 0 atom stereocenters. The Balaban J connectivity index is 2.49. The summed E-state index contributed by atoms with van der Waals surface area (Å²) >= 11 is 0. The van der Waals surface area contributed by atoms with E-state index in [1.165, 1.54) is 0 Å². The minimum atomic E-state index is -0.0813. The Labute approximate surface area is 186 Å². The zero-order valence-electron chi connectivity index (χ0n) is 18.9. The molecule has 0 amide bonds. The number of phenols is 1. The zero-order valence-corrected chi connectivity index (χ0v) is 18.9. The van der Waals surface area contributed by atoms with Gasteiger partial charge in [0.15, 0.2) is 5.78 Å². The molecule has 0 aliphatic carbocycles. The minimum Gasteiger partial charge on any atom is -0.507 e. The molecule has 31 heavy (non-hydrogen) atoms. The van der Waals surface area contributed by atoms with Crippen LogP contribution in [0.3, 0.4) is 0 Å². The van der Waals surface area contributed by atoms with Crippen LogP contribution in [0.1, 0.15) is 54.2 Å². The first kappa shape index (κ1) is 24.0. The van der Waals surface area contributed by atoms with Gasteiger partial charge in [0.2, 0.25) is 0 Å². The van der Waals surface area contributed by atoms with Crippen LogP contribution in [0.4, 0.5) is 5.69 Å². The summed E-state index contributed by atoms with van der Waals surface area (Å²) < 4.78 is 6.04. The number of aromatic hydroxyl groups is 1. The molecule has 0 aliphatic rings. The molecule has 0 radical (unpaired) electrons. The molecular formula is C27H33NO3.